The van der Waals surface area contributed by atoms with Crippen LogP contribution in [0.4, 0.5) is 5.95 Å². The lowest BCUT2D eigenvalue weighted by molar-refractivity contribution is 0.284. The lowest BCUT2D eigenvalue weighted by Gasteiger charge is -2.25. The molecule has 6 nitrogen and oxygen atoms in total. The summed E-state index contributed by atoms with van der Waals surface area (Å²) in [6.45, 7) is 0.470. The average Bonchev–Trinajstić information content (AvgIpc) is 3.32. The molecule has 0 fully saturated rings. The fraction of sp³-hybridized carbons (Fsp3) is 0.120. The van der Waals surface area contributed by atoms with Crippen LogP contribution in [0.25, 0.3) is 5.70 Å². The van der Waals surface area contributed by atoms with E-state index in [1.54, 1.807) is 13.4 Å². The molecular formula is C25H21ClN4O2. The van der Waals surface area contributed by atoms with Crippen molar-refractivity contribution in [3.63, 3.8) is 0 Å². The van der Waals surface area contributed by atoms with Crippen LogP contribution >= 0.6 is 11.6 Å². The average molecular weight is 445 g/mol. The second-order valence-electron chi connectivity index (χ2n) is 7.37. The lowest BCUT2D eigenvalue weighted by Crippen LogP contribution is -2.20. The zero-order chi connectivity index (χ0) is 21.9. The van der Waals surface area contributed by atoms with Crippen LogP contribution in [0.5, 0.6) is 11.5 Å². The summed E-state index contributed by atoms with van der Waals surface area (Å²) in [6.07, 6.45) is 3.66. The van der Waals surface area contributed by atoms with E-state index in [1.165, 1.54) is 0 Å². The third kappa shape index (κ3) is 4.05. The van der Waals surface area contributed by atoms with E-state index < -0.39 is 0 Å². The fourth-order valence-corrected chi connectivity index (χ4v) is 3.82. The molecule has 1 aromatic heterocycles. The van der Waals surface area contributed by atoms with Gasteiger partial charge in [-0.3, -0.25) is 0 Å². The summed E-state index contributed by atoms with van der Waals surface area (Å²) in [5.41, 5.74) is 4.06. The Bertz CT molecular complexity index is 1250. The molecule has 5 rings (SSSR count). The maximum atomic E-state index is 6.06. The highest BCUT2D eigenvalue weighted by atomic mass is 35.5. The van der Waals surface area contributed by atoms with Gasteiger partial charge in [0.15, 0.2) is 11.5 Å². The minimum absolute atomic E-state index is 0.156. The number of nitrogens with one attached hydrogen (secondary N) is 1. The topological polar surface area (TPSA) is 61.2 Å². The van der Waals surface area contributed by atoms with Crippen molar-refractivity contribution in [2.24, 2.45) is 0 Å². The van der Waals surface area contributed by atoms with Crippen LogP contribution in [0, 0.1) is 0 Å². The van der Waals surface area contributed by atoms with Gasteiger partial charge >= 0.3 is 0 Å². The molecule has 32 heavy (non-hydrogen) atoms. The number of rotatable bonds is 6. The Labute approximate surface area is 191 Å². The van der Waals surface area contributed by atoms with Gasteiger partial charge in [0.1, 0.15) is 19.0 Å². The molecule has 3 aromatic carbocycles. The lowest BCUT2D eigenvalue weighted by atomic mass is 10.0. The van der Waals surface area contributed by atoms with Crippen molar-refractivity contribution < 1.29 is 9.47 Å². The monoisotopic (exact) mass is 444 g/mol. The van der Waals surface area contributed by atoms with Gasteiger partial charge in [0.25, 0.3) is 0 Å². The van der Waals surface area contributed by atoms with Gasteiger partial charge in [-0.15, -0.1) is 0 Å². The molecule has 160 valence electrons. The van der Waals surface area contributed by atoms with Gasteiger partial charge in [-0.1, -0.05) is 60.1 Å². The smallest absolute Gasteiger partial charge is 0.226 e. The molecule has 2 heterocycles. The Morgan fingerprint density at radius 3 is 2.59 bits per heavy atom. The van der Waals surface area contributed by atoms with Crippen LogP contribution in [-0.4, -0.2) is 21.9 Å². The molecule has 1 aliphatic rings. The second-order valence-corrected chi connectivity index (χ2v) is 7.81. The van der Waals surface area contributed by atoms with E-state index in [9.17, 15) is 0 Å². The maximum absolute atomic E-state index is 6.06. The number of allylic oxidation sites excluding steroid dienone is 1. The Kier molecular flexibility index (Phi) is 5.52. The molecule has 1 atom stereocenters. The number of ether oxygens (including phenoxy) is 2. The molecular weight excluding hydrogens is 424 g/mol. The normalized spacial score (nSPS) is 14.8. The number of anilines is 1. The third-order valence-electron chi connectivity index (χ3n) is 5.33. The molecule has 0 saturated heterocycles. The van der Waals surface area contributed by atoms with Crippen LogP contribution in [0.1, 0.15) is 22.7 Å². The number of hydrogen-bond donors (Lipinski definition) is 1. The minimum atomic E-state index is -0.156. The summed E-state index contributed by atoms with van der Waals surface area (Å²) >= 11 is 6.06. The van der Waals surface area contributed by atoms with Crippen LogP contribution in [0.3, 0.4) is 0 Å². The van der Waals surface area contributed by atoms with E-state index in [0.29, 0.717) is 29.1 Å². The molecule has 0 unspecified atom stereocenters. The SMILES string of the molecule is COc1cc([C@@H]2C=C(c3ccc(Cl)cc3)Nc3ncnn32)ccc1OCc1ccccc1. The molecule has 0 radical (unpaired) electrons. The van der Waals surface area contributed by atoms with Gasteiger partial charge in [0.05, 0.1) is 7.11 Å². The summed E-state index contributed by atoms with van der Waals surface area (Å²) in [4.78, 5) is 4.37. The maximum Gasteiger partial charge on any atom is 0.226 e. The summed E-state index contributed by atoms with van der Waals surface area (Å²) in [5, 5.41) is 8.45. The molecule has 1 N–H and O–H groups in total. The molecule has 4 aromatic rings. The fourth-order valence-electron chi connectivity index (χ4n) is 3.69. The van der Waals surface area contributed by atoms with Crippen molar-refractivity contribution in [3.8, 4) is 11.5 Å². The van der Waals surface area contributed by atoms with E-state index in [2.05, 4.69) is 21.5 Å². The first-order valence-corrected chi connectivity index (χ1v) is 10.6. The predicted octanol–water partition coefficient (Wildman–Crippen LogP) is 5.58. The van der Waals surface area contributed by atoms with Gasteiger partial charge in [-0.05, 0) is 47.0 Å². The van der Waals surface area contributed by atoms with Crippen LogP contribution in [0.2, 0.25) is 5.02 Å². The van der Waals surface area contributed by atoms with Crippen molar-refractivity contribution in [1.29, 1.82) is 0 Å². The Morgan fingerprint density at radius 1 is 1.00 bits per heavy atom. The minimum Gasteiger partial charge on any atom is -0.493 e. The zero-order valence-corrected chi connectivity index (χ0v) is 18.2. The number of hydrogen-bond acceptors (Lipinski definition) is 5. The quantitative estimate of drug-likeness (QED) is 0.421. The van der Waals surface area contributed by atoms with E-state index >= 15 is 0 Å². The van der Waals surface area contributed by atoms with Crippen LogP contribution < -0.4 is 14.8 Å². The number of nitrogens with zero attached hydrogens (tertiary/aromatic N) is 3. The van der Waals surface area contributed by atoms with Gasteiger partial charge in [-0.25, -0.2) is 4.68 Å². The van der Waals surface area contributed by atoms with E-state index in [-0.39, 0.29) is 6.04 Å². The number of aromatic nitrogens is 3. The van der Waals surface area contributed by atoms with Crippen molar-refractivity contribution in [2.45, 2.75) is 12.6 Å². The highest BCUT2D eigenvalue weighted by Gasteiger charge is 2.24. The van der Waals surface area contributed by atoms with E-state index in [1.807, 2.05) is 77.5 Å². The molecule has 1 aliphatic heterocycles. The first kappa shape index (κ1) is 20.2. The Morgan fingerprint density at radius 2 is 1.81 bits per heavy atom. The largest absolute Gasteiger partial charge is 0.493 e. The van der Waals surface area contributed by atoms with E-state index in [4.69, 9.17) is 21.1 Å². The number of benzene rings is 3. The number of halogens is 1. The van der Waals surface area contributed by atoms with Gasteiger partial charge < -0.3 is 14.8 Å². The summed E-state index contributed by atoms with van der Waals surface area (Å²) in [6, 6.07) is 23.5. The molecule has 7 heteroatoms. The summed E-state index contributed by atoms with van der Waals surface area (Å²) in [7, 11) is 1.65. The summed E-state index contributed by atoms with van der Waals surface area (Å²) in [5.74, 6) is 2.03. The standard InChI is InChI=1S/C25H21ClN4O2/c1-31-24-13-19(9-12-23(24)32-15-17-5-3-2-4-6-17)22-14-21(18-7-10-20(26)11-8-18)29-25-27-16-28-30(22)25/h2-14,16,22H,15H2,1H3,(H,27,28,29)/t22-/m0/s1. The van der Waals surface area contributed by atoms with Gasteiger partial charge in [0, 0.05) is 10.7 Å². The molecule has 0 spiro atoms. The highest BCUT2D eigenvalue weighted by molar-refractivity contribution is 6.30. The van der Waals surface area contributed by atoms with Gasteiger partial charge in [-0.2, -0.15) is 10.1 Å². The van der Waals surface area contributed by atoms with E-state index in [0.717, 1.165) is 22.4 Å². The number of fused-ring (bicyclic) bond motifs is 1. The Hall–Kier alpha value is -3.77. The first-order chi connectivity index (χ1) is 15.7. The third-order valence-corrected chi connectivity index (χ3v) is 5.58. The predicted molar refractivity (Wildman–Crippen MR) is 125 cm³/mol. The molecule has 0 aliphatic carbocycles. The molecule has 0 saturated carbocycles. The van der Waals surface area contributed by atoms with Gasteiger partial charge in [0.2, 0.25) is 5.95 Å². The first-order valence-electron chi connectivity index (χ1n) is 10.2. The van der Waals surface area contributed by atoms with Crippen LogP contribution in [0.15, 0.2) is 85.2 Å². The summed E-state index contributed by atoms with van der Waals surface area (Å²) < 4.78 is 13.5. The highest BCUT2D eigenvalue weighted by Crippen LogP contribution is 2.36. The van der Waals surface area contributed by atoms with Crippen molar-refractivity contribution >= 4 is 23.2 Å². The number of methoxy groups -OCH3 is 1. The Balaban J connectivity index is 1.46. The van der Waals surface area contributed by atoms with Crippen LogP contribution in [-0.2, 0) is 6.61 Å². The van der Waals surface area contributed by atoms with Crippen molar-refractivity contribution in [3.05, 3.63) is 107 Å². The van der Waals surface area contributed by atoms with Crippen molar-refractivity contribution in [1.82, 2.24) is 14.8 Å². The van der Waals surface area contributed by atoms with Crippen molar-refractivity contribution in [2.75, 3.05) is 12.4 Å². The molecule has 0 bridgehead atoms. The second kappa shape index (κ2) is 8.77. The zero-order valence-electron chi connectivity index (χ0n) is 17.4. The molecule has 0 amide bonds.